The molecule has 0 bridgehead atoms. The van der Waals surface area contributed by atoms with E-state index in [2.05, 4.69) is 29.6 Å². The minimum atomic E-state index is 0.552. The zero-order valence-corrected chi connectivity index (χ0v) is 12.8. The molecule has 1 atom stereocenters. The highest BCUT2D eigenvalue weighted by atomic mass is 35.5. The maximum Gasteiger partial charge on any atom is 0.142 e. The van der Waals surface area contributed by atoms with Crippen molar-refractivity contribution in [2.75, 3.05) is 19.0 Å². The second kappa shape index (κ2) is 5.98. The predicted molar refractivity (Wildman–Crippen MR) is 86.3 cm³/mol. The van der Waals surface area contributed by atoms with E-state index in [4.69, 9.17) is 16.3 Å². The normalized spacial score (nSPS) is 16.8. The molecule has 0 amide bonds. The Morgan fingerprint density at radius 3 is 2.95 bits per heavy atom. The monoisotopic (exact) mass is 305 g/mol. The number of thioether (sulfide) groups is 1. The predicted octanol–water partition coefficient (Wildman–Crippen LogP) is 4.48. The Hall–Kier alpha value is -1.32. The Balaban J connectivity index is 1.65. The molecule has 1 aliphatic heterocycles. The second-order valence-corrected chi connectivity index (χ2v) is 6.56. The van der Waals surface area contributed by atoms with Crippen LogP contribution in [0.2, 0.25) is 5.02 Å². The molecule has 2 aromatic carbocycles. The van der Waals surface area contributed by atoms with E-state index in [9.17, 15) is 0 Å². The average Bonchev–Trinajstić information content (AvgIpc) is 2.88. The van der Waals surface area contributed by atoms with Crippen molar-refractivity contribution in [2.45, 2.75) is 16.6 Å². The molecule has 1 heterocycles. The van der Waals surface area contributed by atoms with Gasteiger partial charge in [-0.15, -0.1) is 11.8 Å². The Labute approximate surface area is 128 Å². The van der Waals surface area contributed by atoms with Crippen molar-refractivity contribution < 1.29 is 4.74 Å². The van der Waals surface area contributed by atoms with Gasteiger partial charge in [-0.3, -0.25) is 0 Å². The van der Waals surface area contributed by atoms with Gasteiger partial charge in [-0.25, -0.2) is 0 Å². The lowest BCUT2D eigenvalue weighted by molar-refractivity contribution is 0.416. The van der Waals surface area contributed by atoms with Crippen LogP contribution >= 0.6 is 23.4 Å². The Morgan fingerprint density at radius 2 is 2.15 bits per heavy atom. The zero-order valence-electron chi connectivity index (χ0n) is 11.2. The van der Waals surface area contributed by atoms with E-state index in [1.807, 2.05) is 30.0 Å². The topological polar surface area (TPSA) is 21.3 Å². The molecule has 104 valence electrons. The van der Waals surface area contributed by atoms with Crippen LogP contribution in [0.15, 0.2) is 47.4 Å². The molecule has 3 rings (SSSR count). The SMILES string of the molecule is COc1ccc(Cl)cc1NCC1Cc2ccccc2S1. The van der Waals surface area contributed by atoms with E-state index in [-0.39, 0.29) is 0 Å². The standard InChI is InChI=1S/C16H16ClNOS/c1-19-15-7-6-12(17)9-14(15)18-10-13-8-11-4-2-3-5-16(11)20-13/h2-7,9,13,18H,8,10H2,1H3. The lowest BCUT2D eigenvalue weighted by Gasteiger charge is -2.14. The summed E-state index contributed by atoms with van der Waals surface area (Å²) in [6.45, 7) is 0.899. The molecule has 0 aliphatic carbocycles. The minimum Gasteiger partial charge on any atom is -0.495 e. The Bertz CT molecular complexity index is 592. The van der Waals surface area contributed by atoms with Gasteiger partial charge in [-0.2, -0.15) is 0 Å². The van der Waals surface area contributed by atoms with Crippen molar-refractivity contribution in [1.82, 2.24) is 0 Å². The smallest absolute Gasteiger partial charge is 0.142 e. The van der Waals surface area contributed by atoms with Gasteiger partial charge < -0.3 is 10.1 Å². The third kappa shape index (κ3) is 2.89. The number of fused-ring (bicyclic) bond motifs is 1. The number of hydrogen-bond acceptors (Lipinski definition) is 3. The van der Waals surface area contributed by atoms with Crippen LogP contribution in [0.5, 0.6) is 5.75 Å². The third-order valence-corrected chi connectivity index (χ3v) is 4.95. The first kappa shape index (κ1) is 13.7. The summed E-state index contributed by atoms with van der Waals surface area (Å²) in [5.74, 6) is 0.829. The number of benzene rings is 2. The van der Waals surface area contributed by atoms with Crippen LogP contribution in [0.1, 0.15) is 5.56 Å². The van der Waals surface area contributed by atoms with Gasteiger partial charge in [0.25, 0.3) is 0 Å². The Kier molecular flexibility index (Phi) is 4.08. The highest BCUT2D eigenvalue weighted by molar-refractivity contribution is 8.00. The molecular weight excluding hydrogens is 290 g/mol. The fourth-order valence-corrected chi connectivity index (χ4v) is 3.83. The number of anilines is 1. The van der Waals surface area contributed by atoms with Crippen molar-refractivity contribution in [1.29, 1.82) is 0 Å². The van der Waals surface area contributed by atoms with Crippen LogP contribution in [-0.2, 0) is 6.42 Å². The van der Waals surface area contributed by atoms with E-state index < -0.39 is 0 Å². The van der Waals surface area contributed by atoms with Gasteiger partial charge in [0.1, 0.15) is 5.75 Å². The van der Waals surface area contributed by atoms with Crippen LogP contribution in [-0.4, -0.2) is 18.9 Å². The van der Waals surface area contributed by atoms with Gasteiger partial charge in [-0.05, 0) is 36.2 Å². The van der Waals surface area contributed by atoms with E-state index in [1.54, 1.807) is 7.11 Å². The van der Waals surface area contributed by atoms with Crippen molar-refractivity contribution in [3.05, 3.63) is 53.1 Å². The van der Waals surface area contributed by atoms with Crippen LogP contribution in [0.3, 0.4) is 0 Å². The van der Waals surface area contributed by atoms with Crippen LogP contribution in [0.25, 0.3) is 0 Å². The van der Waals surface area contributed by atoms with Gasteiger partial charge in [-0.1, -0.05) is 29.8 Å². The summed E-state index contributed by atoms with van der Waals surface area (Å²) in [7, 11) is 1.68. The summed E-state index contributed by atoms with van der Waals surface area (Å²) in [6.07, 6.45) is 1.11. The van der Waals surface area contributed by atoms with Crippen LogP contribution < -0.4 is 10.1 Å². The molecule has 0 saturated carbocycles. The van der Waals surface area contributed by atoms with Gasteiger partial charge in [0, 0.05) is 21.7 Å². The minimum absolute atomic E-state index is 0.552. The first-order valence-electron chi connectivity index (χ1n) is 6.58. The number of ether oxygens (including phenoxy) is 1. The van der Waals surface area contributed by atoms with Gasteiger partial charge in [0.05, 0.1) is 12.8 Å². The molecule has 0 saturated heterocycles. The van der Waals surface area contributed by atoms with Crippen molar-refractivity contribution in [3.63, 3.8) is 0 Å². The summed E-state index contributed by atoms with van der Waals surface area (Å²) in [5, 5.41) is 4.72. The van der Waals surface area contributed by atoms with Crippen LogP contribution in [0, 0.1) is 0 Å². The number of nitrogens with one attached hydrogen (secondary N) is 1. The molecule has 2 aromatic rings. The van der Waals surface area contributed by atoms with Crippen LogP contribution in [0.4, 0.5) is 5.69 Å². The average molecular weight is 306 g/mol. The lowest BCUT2D eigenvalue weighted by Crippen LogP contribution is -2.16. The van der Waals surface area contributed by atoms with Crippen molar-refractivity contribution >= 4 is 29.1 Å². The summed E-state index contributed by atoms with van der Waals surface area (Å²) >= 11 is 7.98. The first-order valence-corrected chi connectivity index (χ1v) is 7.84. The maximum absolute atomic E-state index is 6.04. The largest absolute Gasteiger partial charge is 0.495 e. The second-order valence-electron chi connectivity index (χ2n) is 4.78. The number of rotatable bonds is 4. The van der Waals surface area contributed by atoms with Gasteiger partial charge in [0.2, 0.25) is 0 Å². The van der Waals surface area contributed by atoms with E-state index in [0.717, 1.165) is 29.4 Å². The Morgan fingerprint density at radius 1 is 1.30 bits per heavy atom. The molecule has 0 spiro atoms. The molecule has 1 N–H and O–H groups in total. The summed E-state index contributed by atoms with van der Waals surface area (Å²) in [5.41, 5.74) is 2.40. The molecule has 2 nitrogen and oxygen atoms in total. The summed E-state index contributed by atoms with van der Waals surface area (Å²) in [6, 6.07) is 14.2. The highest BCUT2D eigenvalue weighted by Gasteiger charge is 2.21. The molecule has 1 aliphatic rings. The number of methoxy groups -OCH3 is 1. The molecule has 0 fully saturated rings. The quantitative estimate of drug-likeness (QED) is 0.900. The zero-order chi connectivity index (χ0) is 13.9. The fourth-order valence-electron chi connectivity index (χ4n) is 2.41. The fraction of sp³-hybridized carbons (Fsp3) is 0.250. The van der Waals surface area contributed by atoms with E-state index in [1.165, 1.54) is 10.5 Å². The van der Waals surface area contributed by atoms with E-state index >= 15 is 0 Å². The lowest BCUT2D eigenvalue weighted by atomic mass is 10.1. The molecular formula is C16H16ClNOS. The molecule has 0 aromatic heterocycles. The summed E-state index contributed by atoms with van der Waals surface area (Å²) < 4.78 is 5.35. The first-order chi connectivity index (χ1) is 9.76. The summed E-state index contributed by atoms with van der Waals surface area (Å²) in [4.78, 5) is 1.40. The van der Waals surface area contributed by atoms with Crippen molar-refractivity contribution in [3.8, 4) is 5.75 Å². The number of hydrogen-bond donors (Lipinski definition) is 1. The molecule has 1 unspecified atom stereocenters. The molecule has 20 heavy (non-hydrogen) atoms. The van der Waals surface area contributed by atoms with Crippen molar-refractivity contribution in [2.24, 2.45) is 0 Å². The third-order valence-electron chi connectivity index (χ3n) is 3.40. The molecule has 4 heteroatoms. The maximum atomic E-state index is 6.04. The van der Waals surface area contributed by atoms with E-state index in [0.29, 0.717) is 5.25 Å². The molecule has 0 radical (unpaired) electrons. The van der Waals surface area contributed by atoms with Gasteiger partial charge >= 0.3 is 0 Å². The van der Waals surface area contributed by atoms with Gasteiger partial charge in [0.15, 0.2) is 0 Å². The highest BCUT2D eigenvalue weighted by Crippen LogP contribution is 2.37. The number of halogens is 1.